The predicted molar refractivity (Wildman–Crippen MR) is 79.2 cm³/mol. The van der Waals surface area contributed by atoms with Crippen LogP contribution < -0.4 is 5.73 Å². The third-order valence-corrected chi connectivity index (χ3v) is 3.22. The molecule has 0 atom stereocenters. The lowest BCUT2D eigenvalue weighted by atomic mass is 10.3. The predicted octanol–water partition coefficient (Wildman–Crippen LogP) is 2.38. The highest BCUT2D eigenvalue weighted by Crippen LogP contribution is 2.16. The summed E-state index contributed by atoms with van der Waals surface area (Å²) in [7, 11) is 0. The zero-order valence-corrected chi connectivity index (χ0v) is 11.8. The fourth-order valence-corrected chi connectivity index (χ4v) is 2.11. The largest absolute Gasteiger partial charge is 0.369 e. The smallest absolute Gasteiger partial charge is 0.201 e. The molecule has 4 nitrogen and oxygen atoms in total. The van der Waals surface area contributed by atoms with E-state index in [-0.39, 0.29) is 12.4 Å². The van der Waals surface area contributed by atoms with Gasteiger partial charge in [0, 0.05) is 13.1 Å². The maximum absolute atomic E-state index is 5.96. The van der Waals surface area contributed by atoms with Crippen LogP contribution in [-0.4, -0.2) is 34.1 Å². The van der Waals surface area contributed by atoms with Crippen LogP contribution in [0.25, 0.3) is 11.0 Å². The van der Waals surface area contributed by atoms with Gasteiger partial charge in [-0.3, -0.25) is 0 Å². The van der Waals surface area contributed by atoms with Crippen molar-refractivity contribution >= 4 is 29.4 Å². The summed E-state index contributed by atoms with van der Waals surface area (Å²) in [5.74, 6) is 0.610. The summed E-state index contributed by atoms with van der Waals surface area (Å²) in [6.45, 7) is 8.41. The molecule has 0 amide bonds. The highest BCUT2D eigenvalue weighted by atomic mass is 35.5. The van der Waals surface area contributed by atoms with Gasteiger partial charge in [-0.1, -0.05) is 26.0 Å². The SMILES string of the molecule is CCN(CC)CCn1c(N)nc2ccccc21.Cl. The fraction of sp³-hybridized carbons (Fsp3) is 0.462. The first-order valence-corrected chi connectivity index (χ1v) is 6.19. The lowest BCUT2D eigenvalue weighted by Crippen LogP contribution is -2.27. The summed E-state index contributed by atoms with van der Waals surface area (Å²) >= 11 is 0. The van der Waals surface area contributed by atoms with Crippen LogP contribution in [0.4, 0.5) is 5.95 Å². The molecular weight excluding hydrogens is 248 g/mol. The summed E-state index contributed by atoms with van der Waals surface area (Å²) < 4.78 is 2.09. The Hall–Kier alpha value is -1.26. The Bertz CT molecular complexity index is 491. The second-order valence-corrected chi connectivity index (χ2v) is 4.14. The molecule has 0 aliphatic heterocycles. The molecule has 1 heterocycles. The van der Waals surface area contributed by atoms with E-state index in [1.807, 2.05) is 18.2 Å². The highest BCUT2D eigenvalue weighted by molar-refractivity contribution is 5.85. The zero-order chi connectivity index (χ0) is 12.3. The quantitative estimate of drug-likeness (QED) is 0.906. The lowest BCUT2D eigenvalue weighted by molar-refractivity contribution is 0.292. The van der Waals surface area contributed by atoms with Gasteiger partial charge in [-0.25, -0.2) is 4.98 Å². The van der Waals surface area contributed by atoms with E-state index in [0.29, 0.717) is 5.95 Å². The van der Waals surface area contributed by atoms with Gasteiger partial charge < -0.3 is 15.2 Å². The van der Waals surface area contributed by atoms with Crippen LogP contribution in [0.2, 0.25) is 0 Å². The fourth-order valence-electron chi connectivity index (χ4n) is 2.11. The number of rotatable bonds is 5. The molecule has 0 aliphatic rings. The molecule has 2 aromatic rings. The maximum atomic E-state index is 5.96. The van der Waals surface area contributed by atoms with E-state index >= 15 is 0 Å². The average Bonchev–Trinajstić information content (AvgIpc) is 2.67. The number of hydrogen-bond acceptors (Lipinski definition) is 3. The molecule has 2 N–H and O–H groups in total. The minimum atomic E-state index is 0. The monoisotopic (exact) mass is 268 g/mol. The first kappa shape index (κ1) is 14.8. The summed E-state index contributed by atoms with van der Waals surface area (Å²) in [5, 5.41) is 0. The summed E-state index contributed by atoms with van der Waals surface area (Å²) in [4.78, 5) is 6.75. The van der Waals surface area contributed by atoms with Gasteiger partial charge in [0.05, 0.1) is 11.0 Å². The molecule has 0 fully saturated rings. The van der Waals surface area contributed by atoms with Crippen LogP contribution in [0.5, 0.6) is 0 Å². The van der Waals surface area contributed by atoms with Crippen molar-refractivity contribution in [1.82, 2.24) is 14.5 Å². The van der Waals surface area contributed by atoms with E-state index in [4.69, 9.17) is 5.73 Å². The molecule has 0 aliphatic carbocycles. The average molecular weight is 269 g/mol. The van der Waals surface area contributed by atoms with Crippen molar-refractivity contribution in [1.29, 1.82) is 0 Å². The van der Waals surface area contributed by atoms with Gasteiger partial charge in [-0.2, -0.15) is 0 Å². The molecule has 0 saturated heterocycles. The number of fused-ring (bicyclic) bond motifs is 1. The number of halogens is 1. The van der Waals surface area contributed by atoms with Crippen molar-refractivity contribution < 1.29 is 0 Å². The van der Waals surface area contributed by atoms with E-state index in [9.17, 15) is 0 Å². The first-order chi connectivity index (χ1) is 8.26. The molecule has 0 bridgehead atoms. The highest BCUT2D eigenvalue weighted by Gasteiger charge is 2.08. The Balaban J connectivity index is 0.00000162. The number of hydrogen-bond donors (Lipinski definition) is 1. The lowest BCUT2D eigenvalue weighted by Gasteiger charge is -2.18. The Morgan fingerprint density at radius 1 is 1.22 bits per heavy atom. The van der Waals surface area contributed by atoms with Crippen LogP contribution in [0.15, 0.2) is 24.3 Å². The number of imidazole rings is 1. The minimum Gasteiger partial charge on any atom is -0.369 e. The van der Waals surface area contributed by atoms with Crippen LogP contribution in [-0.2, 0) is 6.54 Å². The molecule has 100 valence electrons. The molecule has 0 radical (unpaired) electrons. The van der Waals surface area contributed by atoms with Crippen molar-refractivity contribution in [3.8, 4) is 0 Å². The van der Waals surface area contributed by atoms with Crippen LogP contribution >= 0.6 is 12.4 Å². The number of likely N-dealkylation sites (N-methyl/N-ethyl adjacent to an activating group) is 1. The summed E-state index contributed by atoms with van der Waals surface area (Å²) in [6.07, 6.45) is 0. The van der Waals surface area contributed by atoms with Crippen LogP contribution in [0.3, 0.4) is 0 Å². The van der Waals surface area contributed by atoms with E-state index in [1.54, 1.807) is 0 Å². The number of nitrogens with two attached hydrogens (primary N) is 1. The number of nitrogen functional groups attached to an aromatic ring is 1. The van der Waals surface area contributed by atoms with Gasteiger partial charge in [0.15, 0.2) is 0 Å². The van der Waals surface area contributed by atoms with Crippen molar-refractivity contribution in [3.05, 3.63) is 24.3 Å². The van der Waals surface area contributed by atoms with Crippen LogP contribution in [0, 0.1) is 0 Å². The van der Waals surface area contributed by atoms with E-state index < -0.39 is 0 Å². The molecule has 0 spiro atoms. The molecular formula is C13H21ClN4. The Labute approximate surface area is 114 Å². The molecule has 1 aromatic carbocycles. The van der Waals surface area contributed by atoms with Crippen molar-refractivity contribution in [2.24, 2.45) is 0 Å². The van der Waals surface area contributed by atoms with Gasteiger partial charge in [0.2, 0.25) is 5.95 Å². The normalized spacial score (nSPS) is 10.8. The van der Waals surface area contributed by atoms with Crippen LogP contribution in [0.1, 0.15) is 13.8 Å². The standard InChI is InChI=1S/C13H20N4.ClH/c1-3-16(4-2)9-10-17-12-8-6-5-7-11(12)15-13(17)14;/h5-8H,3-4,9-10H2,1-2H3,(H2,14,15);1H. The number of nitrogens with zero attached hydrogens (tertiary/aromatic N) is 3. The van der Waals surface area contributed by atoms with Gasteiger partial charge in [0.1, 0.15) is 0 Å². The second kappa shape index (κ2) is 6.61. The Kier molecular flexibility index (Phi) is 5.44. The Morgan fingerprint density at radius 2 is 1.89 bits per heavy atom. The van der Waals surface area contributed by atoms with Gasteiger partial charge in [-0.05, 0) is 25.2 Å². The van der Waals surface area contributed by atoms with Crippen molar-refractivity contribution in [2.45, 2.75) is 20.4 Å². The summed E-state index contributed by atoms with van der Waals surface area (Å²) in [5.41, 5.74) is 8.05. The molecule has 0 unspecified atom stereocenters. The minimum absolute atomic E-state index is 0. The Morgan fingerprint density at radius 3 is 2.56 bits per heavy atom. The topological polar surface area (TPSA) is 47.1 Å². The third kappa shape index (κ3) is 2.94. The molecule has 2 rings (SSSR count). The molecule has 5 heteroatoms. The van der Waals surface area contributed by atoms with Gasteiger partial charge >= 0.3 is 0 Å². The number of aromatic nitrogens is 2. The van der Waals surface area contributed by atoms with Crippen molar-refractivity contribution in [3.63, 3.8) is 0 Å². The first-order valence-electron chi connectivity index (χ1n) is 6.19. The number of anilines is 1. The number of benzene rings is 1. The van der Waals surface area contributed by atoms with Gasteiger partial charge in [0.25, 0.3) is 0 Å². The molecule has 1 aromatic heterocycles. The summed E-state index contributed by atoms with van der Waals surface area (Å²) in [6, 6.07) is 8.08. The van der Waals surface area contributed by atoms with E-state index in [0.717, 1.165) is 37.2 Å². The molecule has 0 saturated carbocycles. The molecule has 18 heavy (non-hydrogen) atoms. The second-order valence-electron chi connectivity index (χ2n) is 4.14. The van der Waals surface area contributed by atoms with Crippen molar-refractivity contribution in [2.75, 3.05) is 25.4 Å². The third-order valence-electron chi connectivity index (χ3n) is 3.22. The van der Waals surface area contributed by atoms with Gasteiger partial charge in [-0.15, -0.1) is 12.4 Å². The number of para-hydroxylation sites is 2. The zero-order valence-electron chi connectivity index (χ0n) is 11.0. The van der Waals surface area contributed by atoms with E-state index in [1.165, 1.54) is 0 Å². The van der Waals surface area contributed by atoms with E-state index in [2.05, 4.69) is 34.4 Å². The maximum Gasteiger partial charge on any atom is 0.201 e.